The number of nitrogens with zero attached hydrogens (tertiary/aromatic N) is 2. The first-order valence-corrected chi connectivity index (χ1v) is 4.43. The molecule has 4 nitrogen and oxygen atoms in total. The average molecular weight is 189 g/mol. The summed E-state index contributed by atoms with van der Waals surface area (Å²) in [6, 6.07) is 5.69. The molecule has 0 saturated heterocycles. The lowest BCUT2D eigenvalue weighted by atomic mass is 10.2. The summed E-state index contributed by atoms with van der Waals surface area (Å²) >= 11 is 0. The van der Waals surface area contributed by atoms with Crippen molar-refractivity contribution >= 4 is 10.9 Å². The Bertz CT molecular complexity index is 430. The van der Waals surface area contributed by atoms with Gasteiger partial charge in [0, 0.05) is 18.1 Å². The van der Waals surface area contributed by atoms with Crippen LogP contribution in [-0.2, 0) is 0 Å². The van der Waals surface area contributed by atoms with E-state index in [1.165, 1.54) is 6.33 Å². The zero-order valence-corrected chi connectivity index (χ0v) is 7.68. The Morgan fingerprint density at radius 2 is 2.29 bits per heavy atom. The zero-order chi connectivity index (χ0) is 9.80. The Balaban J connectivity index is 2.32. The monoisotopic (exact) mass is 189 g/mol. The van der Waals surface area contributed by atoms with E-state index < -0.39 is 0 Å². The second-order valence-corrected chi connectivity index (χ2v) is 2.88. The molecule has 0 atom stereocenters. The normalized spacial score (nSPS) is 10.4. The summed E-state index contributed by atoms with van der Waals surface area (Å²) in [5.41, 5.74) is 6.26. The van der Waals surface area contributed by atoms with Crippen molar-refractivity contribution in [2.75, 3.05) is 13.2 Å². The summed E-state index contributed by atoms with van der Waals surface area (Å²) in [4.78, 5) is 8.05. The lowest BCUT2D eigenvalue weighted by molar-refractivity contribution is 0.329. The smallest absolute Gasteiger partial charge is 0.120 e. The van der Waals surface area contributed by atoms with Crippen molar-refractivity contribution in [3.05, 3.63) is 30.7 Å². The molecule has 0 aliphatic carbocycles. The number of fused-ring (bicyclic) bond motifs is 1. The molecule has 0 fully saturated rings. The molecule has 1 aromatic heterocycles. The molecule has 2 rings (SSSR count). The molecular formula is C10H11N3O. The van der Waals surface area contributed by atoms with Crippen LogP contribution in [0.1, 0.15) is 0 Å². The summed E-state index contributed by atoms with van der Waals surface area (Å²) < 4.78 is 5.38. The second kappa shape index (κ2) is 4.02. The Hall–Kier alpha value is -1.68. The lowest BCUT2D eigenvalue weighted by Crippen LogP contribution is -2.10. The lowest BCUT2D eigenvalue weighted by Gasteiger charge is -2.04. The molecule has 0 spiro atoms. The van der Waals surface area contributed by atoms with Crippen molar-refractivity contribution in [2.24, 2.45) is 5.73 Å². The highest BCUT2D eigenvalue weighted by Crippen LogP contribution is 2.17. The molecule has 72 valence electrons. The molecule has 1 aromatic carbocycles. The summed E-state index contributed by atoms with van der Waals surface area (Å²) in [6.07, 6.45) is 3.29. The Kier molecular flexibility index (Phi) is 2.55. The number of ether oxygens (including phenoxy) is 1. The number of benzene rings is 1. The molecule has 0 amide bonds. The highest BCUT2D eigenvalue weighted by Gasteiger charge is 1.97. The number of aromatic nitrogens is 2. The minimum absolute atomic E-state index is 0.517. The van der Waals surface area contributed by atoms with Crippen molar-refractivity contribution in [3.63, 3.8) is 0 Å². The highest BCUT2D eigenvalue weighted by atomic mass is 16.5. The van der Waals surface area contributed by atoms with Crippen LogP contribution in [-0.4, -0.2) is 23.1 Å². The van der Waals surface area contributed by atoms with E-state index in [1.807, 2.05) is 18.2 Å². The standard InChI is InChI=1S/C10H11N3O/c11-3-4-14-9-1-2-10-8(5-9)6-12-7-13-10/h1-2,5-7H,3-4,11H2. The van der Waals surface area contributed by atoms with Crippen LogP contribution in [0.15, 0.2) is 30.7 Å². The molecule has 0 unspecified atom stereocenters. The summed E-state index contributed by atoms with van der Waals surface area (Å²) in [5, 5.41) is 0.974. The number of hydrogen-bond donors (Lipinski definition) is 1. The quantitative estimate of drug-likeness (QED) is 0.781. The van der Waals surface area contributed by atoms with Crippen LogP contribution in [0.25, 0.3) is 10.9 Å². The van der Waals surface area contributed by atoms with Gasteiger partial charge in [0.15, 0.2) is 0 Å². The van der Waals surface area contributed by atoms with Gasteiger partial charge in [-0.05, 0) is 18.2 Å². The van der Waals surface area contributed by atoms with Crippen molar-refractivity contribution in [1.82, 2.24) is 9.97 Å². The first-order valence-electron chi connectivity index (χ1n) is 4.43. The average Bonchev–Trinajstić information content (AvgIpc) is 2.26. The first kappa shape index (κ1) is 8.90. The van der Waals surface area contributed by atoms with Crippen LogP contribution >= 0.6 is 0 Å². The fourth-order valence-electron chi connectivity index (χ4n) is 1.23. The highest BCUT2D eigenvalue weighted by molar-refractivity contribution is 5.78. The van der Waals surface area contributed by atoms with Gasteiger partial charge in [0.25, 0.3) is 0 Å². The molecule has 0 radical (unpaired) electrons. The fourth-order valence-corrected chi connectivity index (χ4v) is 1.23. The molecule has 1 heterocycles. The Morgan fingerprint density at radius 1 is 1.36 bits per heavy atom. The van der Waals surface area contributed by atoms with E-state index in [4.69, 9.17) is 10.5 Å². The molecule has 2 N–H and O–H groups in total. The Labute approximate surface area is 81.7 Å². The van der Waals surface area contributed by atoms with E-state index in [0.717, 1.165) is 16.7 Å². The molecule has 4 heteroatoms. The van der Waals surface area contributed by atoms with Gasteiger partial charge in [0.05, 0.1) is 5.52 Å². The largest absolute Gasteiger partial charge is 0.492 e. The molecule has 2 aromatic rings. The van der Waals surface area contributed by atoms with Gasteiger partial charge < -0.3 is 10.5 Å². The van der Waals surface area contributed by atoms with Gasteiger partial charge in [-0.1, -0.05) is 0 Å². The SMILES string of the molecule is NCCOc1ccc2ncncc2c1. The third-order valence-electron chi connectivity index (χ3n) is 1.86. The Morgan fingerprint density at radius 3 is 3.14 bits per heavy atom. The molecule has 14 heavy (non-hydrogen) atoms. The van der Waals surface area contributed by atoms with Gasteiger partial charge >= 0.3 is 0 Å². The van der Waals surface area contributed by atoms with Gasteiger partial charge in [0.2, 0.25) is 0 Å². The maximum absolute atomic E-state index is 5.38. The van der Waals surface area contributed by atoms with E-state index >= 15 is 0 Å². The number of nitrogens with two attached hydrogens (primary N) is 1. The van der Waals surface area contributed by atoms with Crippen LogP contribution in [0.3, 0.4) is 0 Å². The number of hydrogen-bond acceptors (Lipinski definition) is 4. The van der Waals surface area contributed by atoms with Crippen molar-refractivity contribution in [3.8, 4) is 5.75 Å². The van der Waals surface area contributed by atoms with Gasteiger partial charge in [0.1, 0.15) is 18.7 Å². The molecule has 0 aliphatic heterocycles. The van der Waals surface area contributed by atoms with E-state index in [2.05, 4.69) is 9.97 Å². The van der Waals surface area contributed by atoms with Crippen LogP contribution in [0.4, 0.5) is 0 Å². The summed E-state index contributed by atoms with van der Waals surface area (Å²) in [6.45, 7) is 1.04. The van der Waals surface area contributed by atoms with Crippen LogP contribution < -0.4 is 10.5 Å². The van der Waals surface area contributed by atoms with E-state index in [0.29, 0.717) is 13.2 Å². The maximum Gasteiger partial charge on any atom is 0.120 e. The van der Waals surface area contributed by atoms with E-state index in [1.54, 1.807) is 6.20 Å². The van der Waals surface area contributed by atoms with Gasteiger partial charge in [-0.2, -0.15) is 0 Å². The van der Waals surface area contributed by atoms with Crippen LogP contribution in [0.2, 0.25) is 0 Å². The third kappa shape index (κ3) is 1.80. The first-order chi connectivity index (χ1) is 6.90. The molecule has 0 saturated carbocycles. The molecule has 0 bridgehead atoms. The predicted molar refractivity (Wildman–Crippen MR) is 54.1 cm³/mol. The van der Waals surface area contributed by atoms with Crippen molar-refractivity contribution in [1.29, 1.82) is 0 Å². The van der Waals surface area contributed by atoms with Crippen molar-refractivity contribution < 1.29 is 4.74 Å². The maximum atomic E-state index is 5.38. The van der Waals surface area contributed by atoms with Crippen LogP contribution in [0.5, 0.6) is 5.75 Å². The van der Waals surface area contributed by atoms with E-state index in [-0.39, 0.29) is 0 Å². The fraction of sp³-hybridized carbons (Fsp3) is 0.200. The minimum Gasteiger partial charge on any atom is -0.492 e. The van der Waals surface area contributed by atoms with Gasteiger partial charge in [-0.15, -0.1) is 0 Å². The minimum atomic E-state index is 0.517. The molecular weight excluding hydrogens is 178 g/mol. The summed E-state index contributed by atoms with van der Waals surface area (Å²) in [5.74, 6) is 0.803. The third-order valence-corrected chi connectivity index (χ3v) is 1.86. The van der Waals surface area contributed by atoms with Gasteiger partial charge in [-0.25, -0.2) is 9.97 Å². The van der Waals surface area contributed by atoms with E-state index in [9.17, 15) is 0 Å². The zero-order valence-electron chi connectivity index (χ0n) is 7.68. The molecule has 0 aliphatic rings. The topological polar surface area (TPSA) is 61.0 Å². The van der Waals surface area contributed by atoms with Crippen molar-refractivity contribution in [2.45, 2.75) is 0 Å². The van der Waals surface area contributed by atoms with Crippen LogP contribution in [0, 0.1) is 0 Å². The number of rotatable bonds is 3. The predicted octanol–water partition coefficient (Wildman–Crippen LogP) is 0.967. The van der Waals surface area contributed by atoms with Gasteiger partial charge in [-0.3, -0.25) is 0 Å². The second-order valence-electron chi connectivity index (χ2n) is 2.88. The summed E-state index contributed by atoms with van der Waals surface area (Å²) in [7, 11) is 0.